The number of fused-ring (bicyclic) bond motifs is 2. The fraction of sp³-hybridized carbons (Fsp3) is 0.304. The lowest BCUT2D eigenvalue weighted by molar-refractivity contribution is -0.142. The number of aliphatic hydroxyl groups is 1. The molecule has 0 aliphatic carbocycles. The van der Waals surface area contributed by atoms with Crippen molar-refractivity contribution in [2.75, 3.05) is 36.8 Å². The molecule has 2 saturated heterocycles. The highest BCUT2D eigenvalue weighted by atomic mass is 32.1. The van der Waals surface area contributed by atoms with Crippen molar-refractivity contribution in [2.45, 2.75) is 57.1 Å². The van der Waals surface area contributed by atoms with Crippen molar-refractivity contribution in [2.24, 2.45) is 5.92 Å². The highest BCUT2D eigenvalue weighted by molar-refractivity contribution is 7.17. The number of amides is 4. The number of benzene rings is 3. The van der Waals surface area contributed by atoms with E-state index in [2.05, 4.69) is 20.6 Å². The molecule has 2 fully saturated rings. The van der Waals surface area contributed by atoms with Crippen LogP contribution in [0.15, 0.2) is 102 Å². The number of hydrogen-bond acceptors (Lipinski definition) is 10. The Bertz CT molecular complexity index is 2730. The maximum Gasteiger partial charge on any atom is 0.280 e. The first-order valence-corrected chi connectivity index (χ1v) is 21.3. The Hall–Kier alpha value is -6.58. The van der Waals surface area contributed by atoms with Crippen LogP contribution < -0.4 is 16.2 Å². The molecule has 15 heteroatoms. The lowest BCUT2D eigenvalue weighted by Gasteiger charge is -2.43. The van der Waals surface area contributed by atoms with Crippen molar-refractivity contribution in [1.82, 2.24) is 29.3 Å². The molecule has 61 heavy (non-hydrogen) atoms. The zero-order chi connectivity index (χ0) is 42.3. The van der Waals surface area contributed by atoms with Gasteiger partial charge in [0.2, 0.25) is 17.7 Å². The van der Waals surface area contributed by atoms with Crippen LogP contribution in [0.4, 0.5) is 11.5 Å². The van der Waals surface area contributed by atoms with E-state index in [9.17, 15) is 29.1 Å². The third kappa shape index (κ3) is 8.30. The highest BCUT2D eigenvalue weighted by Crippen LogP contribution is 2.37. The highest BCUT2D eigenvalue weighted by Gasteiger charge is 2.42. The minimum absolute atomic E-state index is 0.00501. The number of thiazole rings is 1. The van der Waals surface area contributed by atoms with Gasteiger partial charge < -0.3 is 25.5 Å². The molecule has 0 radical (unpaired) electrons. The van der Waals surface area contributed by atoms with E-state index in [1.807, 2.05) is 89.5 Å². The molecular formula is C46H44N8O6S. The van der Waals surface area contributed by atoms with Gasteiger partial charge in [-0.1, -0.05) is 72.8 Å². The molecule has 0 spiro atoms. The van der Waals surface area contributed by atoms with E-state index in [4.69, 9.17) is 4.98 Å². The molecule has 310 valence electrons. The number of pyridine rings is 1. The molecular weight excluding hydrogens is 793 g/mol. The summed E-state index contributed by atoms with van der Waals surface area (Å²) in [5.74, 6) is -0.894. The van der Waals surface area contributed by atoms with Gasteiger partial charge in [0.25, 0.3) is 11.5 Å². The fourth-order valence-electron chi connectivity index (χ4n) is 8.73. The third-order valence-corrected chi connectivity index (χ3v) is 13.2. The molecule has 9 rings (SSSR count). The van der Waals surface area contributed by atoms with Gasteiger partial charge in [-0.15, -0.1) is 11.3 Å². The first kappa shape index (κ1) is 39.9. The predicted octanol–water partition coefficient (Wildman–Crippen LogP) is 5.20. The summed E-state index contributed by atoms with van der Waals surface area (Å²) >= 11 is 1.39. The van der Waals surface area contributed by atoms with Crippen LogP contribution in [0.2, 0.25) is 0 Å². The van der Waals surface area contributed by atoms with Crippen molar-refractivity contribution in [1.29, 1.82) is 0 Å². The Kier molecular flexibility index (Phi) is 10.8. The number of carbonyl (C=O) groups is 4. The lowest BCUT2D eigenvalue weighted by Crippen LogP contribution is -2.53. The molecule has 3 aliphatic heterocycles. The van der Waals surface area contributed by atoms with E-state index in [-0.39, 0.29) is 72.6 Å². The van der Waals surface area contributed by atoms with Gasteiger partial charge in [0.05, 0.1) is 42.5 Å². The van der Waals surface area contributed by atoms with Crippen molar-refractivity contribution in [3.63, 3.8) is 0 Å². The smallest absolute Gasteiger partial charge is 0.280 e. The van der Waals surface area contributed by atoms with E-state index in [1.54, 1.807) is 18.2 Å². The Morgan fingerprint density at radius 1 is 0.918 bits per heavy atom. The fourth-order valence-corrected chi connectivity index (χ4v) is 9.77. The number of aryl methyl sites for hydroxylation is 1. The SMILES string of the molecule is Cc1nc(-c2ccccc2)sc1C(=O)N1CCC(C(=O)N2CCC(O)(Cn3cnc4ccc(NC(=O)Cc5ccc6c(c5)NC(=O)C6)nc4c3=O)CC2)C(c2ccccc2)C1. The van der Waals surface area contributed by atoms with E-state index in [0.717, 1.165) is 27.3 Å². The first-order valence-electron chi connectivity index (χ1n) is 20.5. The first-order chi connectivity index (χ1) is 29.5. The summed E-state index contributed by atoms with van der Waals surface area (Å²) in [4.78, 5) is 84.6. The summed E-state index contributed by atoms with van der Waals surface area (Å²) in [6, 6.07) is 28.3. The molecule has 0 bridgehead atoms. The van der Waals surface area contributed by atoms with Crippen LogP contribution in [0.25, 0.3) is 21.6 Å². The van der Waals surface area contributed by atoms with Gasteiger partial charge in [-0.25, -0.2) is 15.0 Å². The monoisotopic (exact) mass is 836 g/mol. The van der Waals surface area contributed by atoms with Crippen LogP contribution in [-0.4, -0.2) is 89.8 Å². The summed E-state index contributed by atoms with van der Waals surface area (Å²) in [6.45, 7) is 3.25. The quantitative estimate of drug-likeness (QED) is 0.177. The molecule has 3 aromatic carbocycles. The number of rotatable bonds is 9. The summed E-state index contributed by atoms with van der Waals surface area (Å²) < 4.78 is 1.34. The second-order valence-corrected chi connectivity index (χ2v) is 17.2. The summed E-state index contributed by atoms with van der Waals surface area (Å²) in [7, 11) is 0. The molecule has 0 saturated carbocycles. The number of likely N-dealkylation sites (tertiary alicyclic amines) is 2. The molecule has 3 aliphatic rings. The van der Waals surface area contributed by atoms with Gasteiger partial charge in [0, 0.05) is 49.3 Å². The standard InChI is InChI=1S/C46H44N8O6S/c1-28-41(61-42(48-28)31-10-6-3-7-11-31)45(59)53-19-16-33(34(25-53)30-8-4-2-5-9-30)43(57)52-20-17-46(60,18-21-52)26-54-27-47-35-14-15-37(51-40(35)44(54)58)50-38(55)23-29-12-13-32-24-39(56)49-36(32)22-29/h2-15,22,27,33-34,60H,16-21,23-26H2,1H3,(H,49,56)(H,50,51,55). The zero-order valence-corrected chi connectivity index (χ0v) is 34.4. The second-order valence-electron chi connectivity index (χ2n) is 16.2. The summed E-state index contributed by atoms with van der Waals surface area (Å²) in [6.07, 6.45) is 2.75. The van der Waals surface area contributed by atoms with Crippen LogP contribution >= 0.6 is 11.3 Å². The van der Waals surface area contributed by atoms with Crippen LogP contribution in [0.1, 0.15) is 57.2 Å². The van der Waals surface area contributed by atoms with Crippen molar-refractivity contribution in [3.05, 3.63) is 135 Å². The van der Waals surface area contributed by atoms with Gasteiger partial charge in [-0.3, -0.25) is 28.5 Å². The number of carbonyl (C=O) groups excluding carboxylic acids is 4. The van der Waals surface area contributed by atoms with Crippen LogP contribution in [0, 0.1) is 12.8 Å². The largest absolute Gasteiger partial charge is 0.388 e. The summed E-state index contributed by atoms with van der Waals surface area (Å²) in [5.41, 5.74) is 3.62. The third-order valence-electron chi connectivity index (χ3n) is 12.0. The zero-order valence-electron chi connectivity index (χ0n) is 33.5. The topological polar surface area (TPSA) is 180 Å². The van der Waals surface area contributed by atoms with E-state index in [0.29, 0.717) is 60.8 Å². The normalized spacial score (nSPS) is 18.4. The number of piperidine rings is 2. The van der Waals surface area contributed by atoms with Crippen LogP contribution in [0.5, 0.6) is 0 Å². The average molecular weight is 837 g/mol. The van der Waals surface area contributed by atoms with Gasteiger partial charge in [0.1, 0.15) is 15.7 Å². The van der Waals surface area contributed by atoms with Gasteiger partial charge in [-0.05, 0) is 61.1 Å². The number of aromatic nitrogens is 4. The number of nitrogens with zero attached hydrogens (tertiary/aromatic N) is 6. The summed E-state index contributed by atoms with van der Waals surface area (Å²) in [5, 5.41) is 18.1. The van der Waals surface area contributed by atoms with Crippen LogP contribution in [-0.2, 0) is 33.8 Å². The van der Waals surface area contributed by atoms with Gasteiger partial charge in [-0.2, -0.15) is 0 Å². The molecule has 6 heterocycles. The Morgan fingerprint density at radius 2 is 1.67 bits per heavy atom. The molecule has 14 nitrogen and oxygen atoms in total. The predicted molar refractivity (Wildman–Crippen MR) is 231 cm³/mol. The average Bonchev–Trinajstić information content (AvgIpc) is 3.86. The minimum atomic E-state index is -1.28. The molecule has 3 N–H and O–H groups in total. The van der Waals surface area contributed by atoms with Crippen LogP contribution in [0.3, 0.4) is 0 Å². The molecule has 4 amide bonds. The minimum Gasteiger partial charge on any atom is -0.388 e. The molecule has 6 aromatic rings. The maximum atomic E-state index is 14.3. The van der Waals surface area contributed by atoms with Crippen molar-refractivity contribution in [3.8, 4) is 10.6 Å². The number of nitrogens with one attached hydrogen (secondary N) is 2. The van der Waals surface area contributed by atoms with Gasteiger partial charge in [0.15, 0.2) is 5.52 Å². The maximum absolute atomic E-state index is 14.3. The van der Waals surface area contributed by atoms with Crippen molar-refractivity contribution >= 4 is 57.5 Å². The number of hydrogen-bond donors (Lipinski definition) is 3. The van der Waals surface area contributed by atoms with E-state index < -0.39 is 11.2 Å². The molecule has 2 atom stereocenters. The number of anilines is 2. The second kappa shape index (κ2) is 16.5. The van der Waals surface area contributed by atoms with E-state index in [1.165, 1.54) is 22.2 Å². The van der Waals surface area contributed by atoms with Crippen molar-refractivity contribution < 1.29 is 24.3 Å². The van der Waals surface area contributed by atoms with Gasteiger partial charge >= 0.3 is 0 Å². The Labute approximate surface area is 355 Å². The Morgan fingerprint density at radius 3 is 2.44 bits per heavy atom. The van der Waals surface area contributed by atoms with E-state index >= 15 is 0 Å². The molecule has 2 unspecified atom stereocenters. The lowest BCUT2D eigenvalue weighted by atomic mass is 9.79. The molecule has 3 aromatic heterocycles. The Balaban J connectivity index is 0.847.